The Labute approximate surface area is 71.7 Å². The van der Waals surface area contributed by atoms with Gasteiger partial charge in [0.25, 0.3) is 0 Å². The van der Waals surface area contributed by atoms with E-state index < -0.39 is 5.54 Å². The third kappa shape index (κ3) is 1.11. The molecule has 4 nitrogen and oxygen atoms in total. The number of nitrogens with one attached hydrogen (secondary N) is 1. The second kappa shape index (κ2) is 2.44. The molecule has 12 heavy (non-hydrogen) atoms. The van der Waals surface area contributed by atoms with Crippen LogP contribution in [-0.2, 0) is 4.79 Å². The Morgan fingerprint density at radius 1 is 1.33 bits per heavy atom. The number of hydrogen-bond acceptors (Lipinski definition) is 3. The van der Waals surface area contributed by atoms with Gasteiger partial charge in [0.2, 0.25) is 5.91 Å². The normalized spacial score (nSPS) is 46.1. The van der Waals surface area contributed by atoms with Crippen molar-refractivity contribution in [3.63, 3.8) is 0 Å². The molecule has 0 aliphatic carbocycles. The molecule has 0 aromatic carbocycles. The minimum atomic E-state index is -0.739. The van der Waals surface area contributed by atoms with Crippen molar-refractivity contribution < 1.29 is 4.79 Å². The smallest absolute Gasteiger partial charge is 0.237 e. The highest BCUT2D eigenvalue weighted by atomic mass is 16.1. The molecule has 2 rings (SSSR count). The van der Waals surface area contributed by atoms with Gasteiger partial charge in [0.1, 0.15) is 0 Å². The summed E-state index contributed by atoms with van der Waals surface area (Å²) in [6.45, 7) is 0. The fourth-order valence-electron chi connectivity index (χ4n) is 2.39. The molecule has 2 bridgehead atoms. The summed E-state index contributed by atoms with van der Waals surface area (Å²) >= 11 is 0. The first-order valence-corrected chi connectivity index (χ1v) is 4.45. The van der Waals surface area contributed by atoms with Crippen LogP contribution in [0.4, 0.5) is 0 Å². The first-order valence-electron chi connectivity index (χ1n) is 4.45. The number of amides is 1. The van der Waals surface area contributed by atoms with E-state index >= 15 is 0 Å². The van der Waals surface area contributed by atoms with E-state index in [1.807, 2.05) is 0 Å². The van der Waals surface area contributed by atoms with Crippen LogP contribution in [0.3, 0.4) is 0 Å². The lowest BCUT2D eigenvalue weighted by Crippen LogP contribution is -2.60. The van der Waals surface area contributed by atoms with Crippen LogP contribution in [0.15, 0.2) is 0 Å². The molecule has 2 unspecified atom stereocenters. The number of rotatable bonds is 1. The average Bonchev–Trinajstić information content (AvgIpc) is 2.30. The summed E-state index contributed by atoms with van der Waals surface area (Å²) in [6.07, 6.45) is 3.69. The van der Waals surface area contributed by atoms with Gasteiger partial charge in [-0.25, -0.2) is 0 Å². The lowest BCUT2D eigenvalue weighted by atomic mass is 9.84. The van der Waals surface area contributed by atoms with Crippen molar-refractivity contribution in [3.05, 3.63) is 0 Å². The summed E-state index contributed by atoms with van der Waals surface area (Å²) in [5.41, 5.74) is 10.4. The van der Waals surface area contributed by atoms with Crippen molar-refractivity contribution >= 4 is 5.91 Å². The molecule has 5 N–H and O–H groups in total. The highest BCUT2D eigenvalue weighted by Gasteiger charge is 2.44. The minimum Gasteiger partial charge on any atom is -0.368 e. The van der Waals surface area contributed by atoms with E-state index in [0.717, 1.165) is 12.8 Å². The Hall–Kier alpha value is -0.610. The van der Waals surface area contributed by atoms with Crippen LogP contribution in [0, 0.1) is 0 Å². The van der Waals surface area contributed by atoms with E-state index in [2.05, 4.69) is 5.32 Å². The van der Waals surface area contributed by atoms with Crippen molar-refractivity contribution in [1.29, 1.82) is 0 Å². The molecule has 0 aromatic heterocycles. The van der Waals surface area contributed by atoms with Gasteiger partial charge in [0.15, 0.2) is 0 Å². The lowest BCUT2D eigenvalue weighted by molar-refractivity contribution is -0.124. The topological polar surface area (TPSA) is 81.1 Å². The predicted molar refractivity (Wildman–Crippen MR) is 45.3 cm³/mol. The lowest BCUT2D eigenvalue weighted by Gasteiger charge is -2.35. The van der Waals surface area contributed by atoms with Gasteiger partial charge in [-0.1, -0.05) is 0 Å². The summed E-state index contributed by atoms with van der Waals surface area (Å²) in [5, 5.41) is 3.41. The first-order chi connectivity index (χ1) is 5.60. The molecule has 4 heteroatoms. The van der Waals surface area contributed by atoms with E-state index in [1.54, 1.807) is 0 Å². The van der Waals surface area contributed by atoms with Crippen molar-refractivity contribution in [1.82, 2.24) is 5.32 Å². The molecule has 0 aromatic rings. The van der Waals surface area contributed by atoms with Crippen molar-refractivity contribution in [2.45, 2.75) is 43.3 Å². The molecule has 2 fully saturated rings. The van der Waals surface area contributed by atoms with Gasteiger partial charge in [-0.15, -0.1) is 0 Å². The van der Waals surface area contributed by atoms with Gasteiger partial charge in [-0.2, -0.15) is 0 Å². The third-order valence-corrected chi connectivity index (χ3v) is 3.05. The number of carbonyl (C=O) groups is 1. The molecular formula is C8H15N3O. The number of carbonyl (C=O) groups excluding carboxylic acids is 1. The molecule has 2 heterocycles. The Morgan fingerprint density at radius 2 is 1.83 bits per heavy atom. The minimum absolute atomic E-state index is 0.346. The van der Waals surface area contributed by atoms with E-state index in [4.69, 9.17) is 11.5 Å². The van der Waals surface area contributed by atoms with Crippen LogP contribution in [-0.4, -0.2) is 23.5 Å². The summed E-state index contributed by atoms with van der Waals surface area (Å²) in [6, 6.07) is 0.836. The molecule has 0 saturated carbocycles. The van der Waals surface area contributed by atoms with E-state index in [1.165, 1.54) is 0 Å². The van der Waals surface area contributed by atoms with Crippen LogP contribution < -0.4 is 16.8 Å². The zero-order valence-corrected chi connectivity index (χ0v) is 7.05. The van der Waals surface area contributed by atoms with Crippen LogP contribution >= 0.6 is 0 Å². The van der Waals surface area contributed by atoms with Crippen LogP contribution in [0.5, 0.6) is 0 Å². The molecule has 2 aliphatic heterocycles. The fraction of sp³-hybridized carbons (Fsp3) is 0.875. The van der Waals surface area contributed by atoms with Crippen LogP contribution in [0.2, 0.25) is 0 Å². The molecule has 1 amide bonds. The van der Waals surface area contributed by atoms with Gasteiger partial charge in [0, 0.05) is 12.1 Å². The number of primary amides is 1. The number of hydrogen-bond donors (Lipinski definition) is 3. The number of piperidine rings is 1. The van der Waals surface area contributed by atoms with E-state index in [9.17, 15) is 4.79 Å². The van der Waals surface area contributed by atoms with Crippen LogP contribution in [0.1, 0.15) is 25.7 Å². The summed E-state index contributed by atoms with van der Waals surface area (Å²) in [7, 11) is 0. The monoisotopic (exact) mass is 169 g/mol. The second-order valence-corrected chi connectivity index (χ2v) is 4.07. The molecule has 0 radical (unpaired) electrons. The second-order valence-electron chi connectivity index (χ2n) is 4.07. The standard InChI is InChI=1S/C8H15N3O/c9-7(12)8(10)3-5-1-2-6(4-8)11-5/h5-6,11H,1-4,10H2,(H2,9,12). The maximum Gasteiger partial charge on any atom is 0.237 e. The molecular weight excluding hydrogens is 154 g/mol. The van der Waals surface area contributed by atoms with Crippen LogP contribution in [0.25, 0.3) is 0 Å². The summed E-state index contributed by atoms with van der Waals surface area (Å²) in [5.74, 6) is -0.346. The Bertz CT molecular complexity index is 204. The average molecular weight is 169 g/mol. The van der Waals surface area contributed by atoms with Gasteiger partial charge in [0.05, 0.1) is 5.54 Å². The first kappa shape index (κ1) is 8.01. The van der Waals surface area contributed by atoms with Gasteiger partial charge in [-0.3, -0.25) is 4.79 Å². The molecule has 0 spiro atoms. The highest BCUT2D eigenvalue weighted by molar-refractivity contribution is 5.84. The highest BCUT2D eigenvalue weighted by Crippen LogP contribution is 2.31. The van der Waals surface area contributed by atoms with Crippen molar-refractivity contribution in [2.75, 3.05) is 0 Å². The van der Waals surface area contributed by atoms with Gasteiger partial charge in [-0.05, 0) is 25.7 Å². The summed E-state index contributed by atoms with van der Waals surface area (Å²) in [4.78, 5) is 11.1. The molecule has 2 atom stereocenters. The van der Waals surface area contributed by atoms with Crippen molar-refractivity contribution in [3.8, 4) is 0 Å². The summed E-state index contributed by atoms with van der Waals surface area (Å²) < 4.78 is 0. The third-order valence-electron chi connectivity index (χ3n) is 3.05. The Morgan fingerprint density at radius 3 is 2.25 bits per heavy atom. The molecule has 68 valence electrons. The Balaban J connectivity index is 2.15. The van der Waals surface area contributed by atoms with Gasteiger partial charge < -0.3 is 16.8 Å². The number of fused-ring (bicyclic) bond motifs is 2. The Kier molecular flexibility index (Phi) is 1.63. The maximum atomic E-state index is 11.1. The zero-order chi connectivity index (χ0) is 8.77. The van der Waals surface area contributed by atoms with E-state index in [0.29, 0.717) is 24.9 Å². The maximum absolute atomic E-state index is 11.1. The van der Waals surface area contributed by atoms with Gasteiger partial charge >= 0.3 is 0 Å². The SMILES string of the molecule is NC(=O)C1(N)CC2CCC(C1)N2. The quantitative estimate of drug-likeness (QED) is 0.475. The van der Waals surface area contributed by atoms with E-state index in [-0.39, 0.29) is 5.91 Å². The molecule has 2 aliphatic rings. The zero-order valence-electron chi connectivity index (χ0n) is 7.05. The predicted octanol–water partition coefficient (Wildman–Crippen LogP) is -0.916. The largest absolute Gasteiger partial charge is 0.368 e. The fourth-order valence-corrected chi connectivity index (χ4v) is 2.39. The molecule has 2 saturated heterocycles. The number of nitrogens with two attached hydrogens (primary N) is 2. The van der Waals surface area contributed by atoms with Crippen molar-refractivity contribution in [2.24, 2.45) is 11.5 Å².